The van der Waals surface area contributed by atoms with E-state index in [1.807, 2.05) is 17.9 Å². The normalized spacial score (nSPS) is 21.1. The van der Waals surface area contributed by atoms with Crippen molar-refractivity contribution < 1.29 is 19.4 Å². The number of allylic oxidation sites excluding steroid dienone is 3. The zero-order valence-corrected chi connectivity index (χ0v) is 15.9. The molecule has 1 rings (SSSR count). The summed E-state index contributed by atoms with van der Waals surface area (Å²) < 4.78 is 10.5. The third-order valence-electron chi connectivity index (χ3n) is 3.84. The number of ether oxygens (including phenoxy) is 2. The van der Waals surface area contributed by atoms with E-state index in [2.05, 4.69) is 6.58 Å². The molecule has 1 heterocycles. The average molecular weight is 353 g/mol. The molecule has 0 aromatic heterocycles. The predicted octanol–water partition coefficient (Wildman–Crippen LogP) is 1.80. The number of hydrogen-bond acceptors (Lipinski definition) is 6. The summed E-state index contributed by atoms with van der Waals surface area (Å²) in [5.74, 6) is 0. The van der Waals surface area contributed by atoms with E-state index in [9.17, 15) is 9.90 Å². The molecule has 7 heteroatoms. The van der Waals surface area contributed by atoms with Gasteiger partial charge in [-0.1, -0.05) is 18.7 Å². The summed E-state index contributed by atoms with van der Waals surface area (Å²) in [6.07, 6.45) is 3.67. The summed E-state index contributed by atoms with van der Waals surface area (Å²) in [6, 6.07) is -0.577. The first-order valence-electron chi connectivity index (χ1n) is 8.35. The Bertz CT molecular complexity index is 537. The highest BCUT2D eigenvalue weighted by Gasteiger charge is 2.38. The van der Waals surface area contributed by atoms with E-state index in [1.54, 1.807) is 32.9 Å². The predicted molar refractivity (Wildman–Crippen MR) is 97.5 cm³/mol. The summed E-state index contributed by atoms with van der Waals surface area (Å²) >= 11 is 0. The Kier molecular flexibility index (Phi) is 7.51. The minimum atomic E-state index is -1.13. The van der Waals surface area contributed by atoms with Crippen molar-refractivity contribution in [3.63, 3.8) is 0 Å². The van der Waals surface area contributed by atoms with Crippen LogP contribution in [0.5, 0.6) is 0 Å². The number of carbonyl (C=O) groups is 1. The van der Waals surface area contributed by atoms with Crippen molar-refractivity contribution >= 4 is 6.09 Å². The maximum atomic E-state index is 12.5. The van der Waals surface area contributed by atoms with Crippen LogP contribution in [0.4, 0.5) is 4.79 Å². The fourth-order valence-corrected chi connectivity index (χ4v) is 2.62. The molecular formula is C18H31N3O4. The van der Waals surface area contributed by atoms with E-state index in [1.165, 1.54) is 12.0 Å². The summed E-state index contributed by atoms with van der Waals surface area (Å²) in [4.78, 5) is 16.0. The SMILES string of the molecule is C=C/C=C(\C(N)=C/C)N1CCN(C(=O)OC(C)(C)C)[C@@H](C(O)OC)C1. The molecule has 0 aromatic carbocycles. The molecule has 1 amide bonds. The first kappa shape index (κ1) is 21.1. The molecule has 0 aliphatic carbocycles. The quantitative estimate of drug-likeness (QED) is 0.579. The average Bonchev–Trinajstić information content (AvgIpc) is 2.56. The summed E-state index contributed by atoms with van der Waals surface area (Å²) in [7, 11) is 1.40. The van der Waals surface area contributed by atoms with Crippen LogP contribution in [0.25, 0.3) is 0 Å². The molecule has 25 heavy (non-hydrogen) atoms. The molecule has 1 aliphatic rings. The van der Waals surface area contributed by atoms with Crippen molar-refractivity contribution in [2.75, 3.05) is 26.7 Å². The van der Waals surface area contributed by atoms with Crippen molar-refractivity contribution in [2.24, 2.45) is 5.73 Å². The van der Waals surface area contributed by atoms with Gasteiger partial charge in [-0.25, -0.2) is 4.79 Å². The maximum Gasteiger partial charge on any atom is 0.410 e. The third-order valence-corrected chi connectivity index (χ3v) is 3.84. The Hall–Kier alpha value is -1.99. The largest absolute Gasteiger partial charge is 0.444 e. The number of piperazine rings is 1. The molecule has 0 saturated carbocycles. The Labute approximate surface area is 150 Å². The highest BCUT2D eigenvalue weighted by Crippen LogP contribution is 2.22. The molecule has 142 valence electrons. The second-order valence-electron chi connectivity index (χ2n) is 6.84. The van der Waals surface area contributed by atoms with Gasteiger partial charge in [0.05, 0.1) is 11.4 Å². The fourth-order valence-electron chi connectivity index (χ4n) is 2.62. The lowest BCUT2D eigenvalue weighted by atomic mass is 10.1. The monoisotopic (exact) mass is 353 g/mol. The molecule has 1 aliphatic heterocycles. The molecule has 7 nitrogen and oxygen atoms in total. The molecule has 2 atom stereocenters. The van der Waals surface area contributed by atoms with Crippen LogP contribution in [0.2, 0.25) is 0 Å². The van der Waals surface area contributed by atoms with Gasteiger partial charge in [-0.2, -0.15) is 0 Å². The summed E-state index contributed by atoms with van der Waals surface area (Å²) in [6.45, 7) is 12.3. The molecule has 1 unspecified atom stereocenters. The molecular weight excluding hydrogens is 322 g/mol. The standard InChI is InChI=1S/C18H31N3O4/c1-7-9-14(13(19)8-2)20-10-11-21(15(12-20)16(22)24-6)17(23)25-18(3,4)5/h7-9,15-16,22H,1,10-12,19H2,2-6H3/b13-8+,14-9+/t15-,16?/m1/s1. The number of nitrogens with zero attached hydrogens (tertiary/aromatic N) is 2. The molecule has 0 aromatic rings. The number of rotatable bonds is 5. The van der Waals surface area contributed by atoms with E-state index in [0.29, 0.717) is 25.3 Å². The van der Waals surface area contributed by atoms with Crippen molar-refractivity contribution in [1.29, 1.82) is 0 Å². The van der Waals surface area contributed by atoms with Crippen LogP contribution in [0.15, 0.2) is 36.2 Å². The van der Waals surface area contributed by atoms with Gasteiger partial charge in [-0.05, 0) is 33.8 Å². The van der Waals surface area contributed by atoms with Gasteiger partial charge in [0.1, 0.15) is 11.6 Å². The topological polar surface area (TPSA) is 88.3 Å². The van der Waals surface area contributed by atoms with Crippen LogP contribution in [0.3, 0.4) is 0 Å². The van der Waals surface area contributed by atoms with Crippen molar-refractivity contribution in [3.8, 4) is 0 Å². The van der Waals surface area contributed by atoms with Crippen molar-refractivity contribution in [3.05, 3.63) is 36.2 Å². The number of aliphatic hydroxyl groups excluding tert-OH is 1. The van der Waals surface area contributed by atoms with Gasteiger partial charge in [0.15, 0.2) is 6.29 Å². The lowest BCUT2D eigenvalue weighted by Gasteiger charge is -2.44. The second kappa shape index (κ2) is 8.92. The van der Waals surface area contributed by atoms with E-state index in [-0.39, 0.29) is 0 Å². The minimum absolute atomic E-state index is 0.364. The summed E-state index contributed by atoms with van der Waals surface area (Å²) in [5.41, 5.74) is 6.87. The Morgan fingerprint density at radius 3 is 2.52 bits per heavy atom. The molecule has 1 fully saturated rings. The Balaban J connectivity index is 3.04. The van der Waals surface area contributed by atoms with Crippen LogP contribution in [-0.2, 0) is 9.47 Å². The van der Waals surface area contributed by atoms with Gasteiger partial charge in [0.2, 0.25) is 0 Å². The Morgan fingerprint density at radius 1 is 1.40 bits per heavy atom. The first-order valence-corrected chi connectivity index (χ1v) is 8.35. The van der Waals surface area contributed by atoms with Gasteiger partial charge in [-0.15, -0.1) is 0 Å². The van der Waals surface area contributed by atoms with E-state index < -0.39 is 24.0 Å². The Morgan fingerprint density at radius 2 is 2.04 bits per heavy atom. The van der Waals surface area contributed by atoms with Crippen molar-refractivity contribution in [1.82, 2.24) is 9.80 Å². The first-order chi connectivity index (χ1) is 11.6. The molecule has 0 radical (unpaired) electrons. The number of carbonyl (C=O) groups excluding carboxylic acids is 1. The van der Waals surface area contributed by atoms with Gasteiger partial charge in [-0.3, -0.25) is 4.90 Å². The number of hydrogen-bond donors (Lipinski definition) is 2. The zero-order chi connectivity index (χ0) is 19.2. The van der Waals surface area contributed by atoms with E-state index in [0.717, 1.165) is 5.70 Å². The number of amides is 1. The number of nitrogens with two attached hydrogens (primary N) is 1. The van der Waals surface area contributed by atoms with Crippen LogP contribution >= 0.6 is 0 Å². The molecule has 1 saturated heterocycles. The van der Waals surface area contributed by atoms with E-state index >= 15 is 0 Å². The lowest BCUT2D eigenvalue weighted by molar-refractivity contribution is -0.136. The third kappa shape index (κ3) is 5.79. The van der Waals surface area contributed by atoms with Crippen molar-refractivity contribution in [2.45, 2.75) is 45.6 Å². The van der Waals surface area contributed by atoms with Crippen LogP contribution in [0, 0.1) is 0 Å². The fraction of sp³-hybridized carbons (Fsp3) is 0.611. The van der Waals surface area contributed by atoms with Gasteiger partial charge >= 0.3 is 6.09 Å². The van der Waals surface area contributed by atoms with E-state index in [4.69, 9.17) is 15.2 Å². The molecule has 3 N–H and O–H groups in total. The van der Waals surface area contributed by atoms with Crippen LogP contribution in [0.1, 0.15) is 27.7 Å². The smallest absolute Gasteiger partial charge is 0.410 e. The highest BCUT2D eigenvalue weighted by atomic mass is 16.6. The second-order valence-corrected chi connectivity index (χ2v) is 6.84. The van der Waals surface area contributed by atoms with Crippen LogP contribution < -0.4 is 5.73 Å². The minimum Gasteiger partial charge on any atom is -0.444 e. The van der Waals surface area contributed by atoms with Gasteiger partial charge in [0.25, 0.3) is 0 Å². The summed E-state index contributed by atoms with van der Waals surface area (Å²) in [5, 5.41) is 10.2. The van der Waals surface area contributed by atoms with Gasteiger partial charge < -0.3 is 25.2 Å². The highest BCUT2D eigenvalue weighted by molar-refractivity contribution is 5.69. The number of methoxy groups -OCH3 is 1. The zero-order valence-electron chi connectivity index (χ0n) is 15.9. The lowest BCUT2D eigenvalue weighted by Crippen LogP contribution is -2.60. The van der Waals surface area contributed by atoms with Gasteiger partial charge in [0, 0.05) is 26.7 Å². The maximum absolute atomic E-state index is 12.5. The molecule has 0 spiro atoms. The molecule has 0 bridgehead atoms. The number of aliphatic hydroxyl groups is 1. The van der Waals surface area contributed by atoms with Crippen LogP contribution in [-0.4, -0.2) is 65.7 Å².